The van der Waals surface area contributed by atoms with Gasteiger partial charge < -0.3 is 14.2 Å². The molecule has 8 heteroatoms. The van der Waals surface area contributed by atoms with Crippen LogP contribution in [0.1, 0.15) is 16.8 Å². The third-order valence-corrected chi connectivity index (χ3v) is 4.90. The Hall–Kier alpha value is -2.45. The van der Waals surface area contributed by atoms with Crippen LogP contribution in [0.4, 0.5) is 4.39 Å². The second kappa shape index (κ2) is 7.28. The highest BCUT2D eigenvalue weighted by Crippen LogP contribution is 2.31. The van der Waals surface area contributed by atoms with Gasteiger partial charge in [0.2, 0.25) is 0 Å². The second-order valence-electron chi connectivity index (χ2n) is 6.16. The molecule has 27 heavy (non-hydrogen) atoms. The topological polar surface area (TPSA) is 62.6 Å². The Kier molecular flexibility index (Phi) is 4.84. The maximum absolute atomic E-state index is 14.2. The van der Waals surface area contributed by atoms with Crippen LogP contribution in [0.5, 0.6) is 11.8 Å². The van der Waals surface area contributed by atoms with E-state index in [1.54, 1.807) is 28.8 Å². The molecule has 1 atom stereocenters. The van der Waals surface area contributed by atoms with Crippen molar-refractivity contribution in [2.45, 2.75) is 19.1 Å². The van der Waals surface area contributed by atoms with Crippen LogP contribution in [0.25, 0.3) is 11.0 Å². The number of carbonyl (C=O) groups excluding carboxylic acids is 1. The molecule has 1 aliphatic heterocycles. The number of ether oxygens (including phenoxy) is 3. The first-order chi connectivity index (χ1) is 13.0. The molecule has 0 unspecified atom stereocenters. The molecule has 4 rings (SSSR count). The monoisotopic (exact) mass is 434 g/mol. The van der Waals surface area contributed by atoms with Gasteiger partial charge in [0.1, 0.15) is 0 Å². The summed E-state index contributed by atoms with van der Waals surface area (Å²) >= 11 is 3.23. The number of hydrogen-bond acceptors (Lipinski definition) is 5. The quantitative estimate of drug-likeness (QED) is 0.560. The second-order valence-corrected chi connectivity index (χ2v) is 7.07. The molecule has 2 aromatic carbocycles. The Morgan fingerprint density at radius 1 is 1.37 bits per heavy atom. The minimum absolute atomic E-state index is 0.0290. The number of esters is 1. The number of rotatable bonds is 5. The SMILES string of the molecule is COC(=O)c1ccc2nc(Oc3ccc(Br)cc3F)n(C[C@@H]3CCO3)c2c1. The van der Waals surface area contributed by atoms with E-state index in [9.17, 15) is 9.18 Å². The van der Waals surface area contributed by atoms with Gasteiger partial charge in [0.15, 0.2) is 11.6 Å². The average molecular weight is 435 g/mol. The van der Waals surface area contributed by atoms with Crippen molar-refractivity contribution in [1.82, 2.24) is 9.55 Å². The zero-order valence-electron chi connectivity index (χ0n) is 14.4. The maximum Gasteiger partial charge on any atom is 0.337 e. The number of aromatic nitrogens is 2. The number of imidazole rings is 1. The molecule has 3 aromatic rings. The Bertz CT molecular complexity index is 1020. The summed E-state index contributed by atoms with van der Waals surface area (Å²) in [7, 11) is 1.33. The molecule has 0 N–H and O–H groups in total. The normalized spacial score (nSPS) is 16.2. The fourth-order valence-corrected chi connectivity index (χ4v) is 3.22. The molecule has 140 valence electrons. The van der Waals surface area contributed by atoms with Crippen molar-refractivity contribution in [3.05, 3.63) is 52.3 Å². The number of hydrogen-bond donors (Lipinski definition) is 0. The Morgan fingerprint density at radius 2 is 2.19 bits per heavy atom. The zero-order valence-corrected chi connectivity index (χ0v) is 16.0. The van der Waals surface area contributed by atoms with Crippen molar-refractivity contribution in [2.24, 2.45) is 0 Å². The highest BCUT2D eigenvalue weighted by atomic mass is 79.9. The Labute approximate surface area is 163 Å². The van der Waals surface area contributed by atoms with Crippen LogP contribution in [-0.2, 0) is 16.0 Å². The van der Waals surface area contributed by atoms with Crippen molar-refractivity contribution < 1.29 is 23.4 Å². The minimum atomic E-state index is -0.502. The van der Waals surface area contributed by atoms with E-state index in [-0.39, 0.29) is 17.9 Å². The van der Waals surface area contributed by atoms with Crippen molar-refractivity contribution >= 4 is 32.9 Å². The van der Waals surface area contributed by atoms with Gasteiger partial charge in [0.25, 0.3) is 0 Å². The molecule has 0 spiro atoms. The number of carbonyl (C=O) groups is 1. The van der Waals surface area contributed by atoms with E-state index in [0.29, 0.717) is 34.2 Å². The summed E-state index contributed by atoms with van der Waals surface area (Å²) in [4.78, 5) is 16.3. The van der Waals surface area contributed by atoms with Gasteiger partial charge in [-0.1, -0.05) is 15.9 Å². The van der Waals surface area contributed by atoms with E-state index in [1.807, 2.05) is 0 Å². The Morgan fingerprint density at radius 3 is 2.85 bits per heavy atom. The van der Waals surface area contributed by atoms with Crippen LogP contribution in [0.15, 0.2) is 40.9 Å². The standard InChI is InChI=1S/C19H16BrFN2O4/c1-25-18(24)11-2-4-15-16(8-11)23(10-13-6-7-26-13)19(22-15)27-17-5-3-12(20)9-14(17)21/h2-5,8-9,13H,6-7,10H2,1H3/t13-/m0/s1. The van der Waals surface area contributed by atoms with Gasteiger partial charge in [-0.15, -0.1) is 0 Å². The molecule has 1 fully saturated rings. The smallest absolute Gasteiger partial charge is 0.337 e. The van der Waals surface area contributed by atoms with Gasteiger partial charge in [-0.25, -0.2) is 9.18 Å². The maximum atomic E-state index is 14.2. The highest BCUT2D eigenvalue weighted by Gasteiger charge is 2.24. The summed E-state index contributed by atoms with van der Waals surface area (Å²) in [6.45, 7) is 1.21. The first-order valence-electron chi connectivity index (χ1n) is 8.38. The lowest BCUT2D eigenvalue weighted by molar-refractivity contribution is -0.0593. The van der Waals surface area contributed by atoms with Crippen LogP contribution in [-0.4, -0.2) is 35.3 Å². The van der Waals surface area contributed by atoms with Crippen LogP contribution < -0.4 is 4.74 Å². The van der Waals surface area contributed by atoms with Crippen LogP contribution in [0.2, 0.25) is 0 Å². The molecule has 2 heterocycles. The van der Waals surface area contributed by atoms with Gasteiger partial charge >= 0.3 is 12.0 Å². The van der Waals surface area contributed by atoms with Gasteiger partial charge in [-0.05, 0) is 42.8 Å². The van der Waals surface area contributed by atoms with Gasteiger partial charge in [0, 0.05) is 11.1 Å². The first kappa shape index (κ1) is 17.9. The van der Waals surface area contributed by atoms with Crippen LogP contribution in [0.3, 0.4) is 0 Å². The third kappa shape index (κ3) is 3.54. The van der Waals surface area contributed by atoms with E-state index in [4.69, 9.17) is 14.2 Å². The number of nitrogens with zero attached hydrogens (tertiary/aromatic N) is 2. The lowest BCUT2D eigenvalue weighted by atomic mass is 10.1. The Balaban J connectivity index is 1.77. The number of methoxy groups -OCH3 is 1. The van der Waals surface area contributed by atoms with Crippen molar-refractivity contribution in [1.29, 1.82) is 0 Å². The lowest BCUT2D eigenvalue weighted by Gasteiger charge is -2.27. The predicted molar refractivity (Wildman–Crippen MR) is 99.6 cm³/mol. The number of halogens is 2. The fraction of sp³-hybridized carbons (Fsp3) is 0.263. The first-order valence-corrected chi connectivity index (χ1v) is 9.17. The summed E-state index contributed by atoms with van der Waals surface area (Å²) in [5, 5.41) is 0. The molecular formula is C19H16BrFN2O4. The van der Waals surface area contributed by atoms with Gasteiger partial charge in [0.05, 0.1) is 36.4 Å². The average Bonchev–Trinajstić information content (AvgIpc) is 2.96. The van der Waals surface area contributed by atoms with Gasteiger partial charge in [-0.3, -0.25) is 4.57 Å². The predicted octanol–water partition coefficient (Wildman–Crippen LogP) is 4.31. The van der Waals surface area contributed by atoms with E-state index in [0.717, 1.165) is 6.42 Å². The van der Waals surface area contributed by atoms with Crippen LogP contribution in [0, 0.1) is 5.82 Å². The van der Waals surface area contributed by atoms with E-state index in [1.165, 1.54) is 19.2 Å². The fourth-order valence-electron chi connectivity index (χ4n) is 2.89. The summed E-state index contributed by atoms with van der Waals surface area (Å²) in [6.07, 6.45) is 0.948. The van der Waals surface area contributed by atoms with E-state index >= 15 is 0 Å². The third-order valence-electron chi connectivity index (χ3n) is 4.41. The summed E-state index contributed by atoms with van der Waals surface area (Å²) in [5.41, 5.74) is 1.73. The molecule has 6 nitrogen and oxygen atoms in total. The zero-order chi connectivity index (χ0) is 19.0. The van der Waals surface area contributed by atoms with Crippen molar-refractivity contribution in [3.63, 3.8) is 0 Å². The van der Waals surface area contributed by atoms with E-state index in [2.05, 4.69) is 20.9 Å². The van der Waals surface area contributed by atoms with Crippen molar-refractivity contribution in [2.75, 3.05) is 13.7 Å². The minimum Gasteiger partial charge on any atom is -0.465 e. The van der Waals surface area contributed by atoms with Crippen molar-refractivity contribution in [3.8, 4) is 11.8 Å². The molecule has 1 aromatic heterocycles. The summed E-state index contributed by atoms with van der Waals surface area (Å²) in [5.74, 6) is -0.874. The number of benzene rings is 2. The molecule has 0 amide bonds. The lowest BCUT2D eigenvalue weighted by Crippen LogP contribution is -2.31. The number of fused-ring (bicyclic) bond motifs is 1. The molecule has 0 radical (unpaired) electrons. The molecule has 0 aliphatic carbocycles. The summed E-state index contributed by atoms with van der Waals surface area (Å²) in [6, 6.07) is 9.83. The summed E-state index contributed by atoms with van der Waals surface area (Å²) < 4.78 is 32.7. The largest absolute Gasteiger partial charge is 0.465 e. The highest BCUT2D eigenvalue weighted by molar-refractivity contribution is 9.10. The van der Waals surface area contributed by atoms with E-state index < -0.39 is 11.8 Å². The molecule has 1 saturated heterocycles. The molecular weight excluding hydrogens is 419 g/mol. The molecule has 0 bridgehead atoms. The van der Waals surface area contributed by atoms with Crippen LogP contribution >= 0.6 is 15.9 Å². The molecule has 1 aliphatic rings. The molecule has 0 saturated carbocycles. The van der Waals surface area contributed by atoms with Gasteiger partial charge in [-0.2, -0.15) is 4.98 Å².